The number of hydrogen-bond donors (Lipinski definition) is 2. The van der Waals surface area contributed by atoms with Crippen molar-refractivity contribution in [2.24, 2.45) is 0 Å². The number of nitrogens with zero attached hydrogens (tertiary/aromatic N) is 2. The maximum atomic E-state index is 13.5. The Bertz CT molecular complexity index is 1300. The summed E-state index contributed by atoms with van der Waals surface area (Å²) in [5, 5.41) is 12.3. The van der Waals surface area contributed by atoms with Crippen LogP contribution in [-0.2, 0) is 23.0 Å². The number of aromatic nitrogens is 2. The zero-order valence-corrected chi connectivity index (χ0v) is 17.0. The van der Waals surface area contributed by atoms with Gasteiger partial charge in [0, 0.05) is 41.6 Å². The van der Waals surface area contributed by atoms with Gasteiger partial charge in [-0.15, -0.1) is 0 Å². The smallest absolute Gasteiger partial charge is 0.244 e. The second-order valence-electron chi connectivity index (χ2n) is 7.53. The number of fused-ring (bicyclic) bond motifs is 2. The Morgan fingerprint density at radius 3 is 2.67 bits per heavy atom. The van der Waals surface area contributed by atoms with Gasteiger partial charge < -0.3 is 10.1 Å². The average Bonchev–Trinajstić information content (AvgIpc) is 3.18. The highest BCUT2D eigenvalue weighted by Crippen LogP contribution is 2.39. The minimum absolute atomic E-state index is 0.147. The number of pyridine rings is 1. The molecule has 4 aromatic rings. The number of hydrogen-bond acceptors (Lipinski definition) is 4. The fourth-order valence-electron chi connectivity index (χ4n) is 4.24. The third kappa shape index (κ3) is 3.11. The number of aromatic amines is 1. The lowest BCUT2D eigenvalue weighted by molar-refractivity contribution is 0.0771. The van der Waals surface area contributed by atoms with Crippen LogP contribution in [0.5, 0.6) is 0 Å². The molecule has 7 heteroatoms. The maximum Gasteiger partial charge on any atom is 0.244 e. The summed E-state index contributed by atoms with van der Waals surface area (Å²) >= 11 is 0. The number of benzene rings is 2. The van der Waals surface area contributed by atoms with Crippen LogP contribution in [0.1, 0.15) is 22.8 Å². The molecule has 0 bridgehead atoms. The van der Waals surface area contributed by atoms with Gasteiger partial charge in [0.2, 0.25) is 10.0 Å². The Balaban J connectivity index is 1.62. The molecule has 0 aliphatic carbocycles. The van der Waals surface area contributed by atoms with Crippen molar-refractivity contribution >= 4 is 20.9 Å². The van der Waals surface area contributed by atoms with Gasteiger partial charge in [0.05, 0.1) is 17.0 Å². The number of para-hydroxylation sites is 1. The summed E-state index contributed by atoms with van der Waals surface area (Å²) in [5.41, 5.74) is 3.18. The quantitative estimate of drug-likeness (QED) is 0.531. The van der Waals surface area contributed by atoms with Gasteiger partial charge in [0.15, 0.2) is 0 Å². The molecule has 0 spiro atoms. The van der Waals surface area contributed by atoms with Gasteiger partial charge >= 0.3 is 0 Å². The molecule has 2 aromatic carbocycles. The lowest BCUT2D eigenvalue weighted by Gasteiger charge is -2.39. The van der Waals surface area contributed by atoms with Crippen LogP contribution in [-0.4, -0.2) is 33.8 Å². The first-order chi connectivity index (χ1) is 14.6. The van der Waals surface area contributed by atoms with Crippen LogP contribution in [0.25, 0.3) is 10.9 Å². The van der Waals surface area contributed by atoms with Crippen LogP contribution in [0.2, 0.25) is 0 Å². The molecule has 0 saturated carbocycles. The van der Waals surface area contributed by atoms with Crippen molar-refractivity contribution in [3.8, 4) is 0 Å². The molecule has 152 valence electrons. The number of rotatable bonds is 4. The third-order valence-electron chi connectivity index (χ3n) is 5.72. The zero-order chi connectivity index (χ0) is 20.7. The molecule has 2 atom stereocenters. The van der Waals surface area contributed by atoms with E-state index in [1.54, 1.807) is 42.7 Å². The monoisotopic (exact) mass is 419 g/mol. The van der Waals surface area contributed by atoms with Crippen LogP contribution in [0.4, 0.5) is 0 Å². The van der Waals surface area contributed by atoms with E-state index in [-0.39, 0.29) is 11.4 Å². The van der Waals surface area contributed by atoms with Crippen molar-refractivity contribution in [1.29, 1.82) is 0 Å². The average molecular weight is 420 g/mol. The summed E-state index contributed by atoms with van der Waals surface area (Å²) in [6.07, 6.45) is 4.66. The van der Waals surface area contributed by atoms with Crippen molar-refractivity contribution in [1.82, 2.24) is 14.3 Å². The molecule has 2 aromatic heterocycles. The van der Waals surface area contributed by atoms with E-state index in [0.717, 1.165) is 22.0 Å². The van der Waals surface area contributed by atoms with E-state index >= 15 is 0 Å². The van der Waals surface area contributed by atoms with Gasteiger partial charge in [-0.05, 0) is 35.7 Å². The molecule has 1 aliphatic heterocycles. The van der Waals surface area contributed by atoms with Gasteiger partial charge in [-0.25, -0.2) is 8.42 Å². The Morgan fingerprint density at radius 1 is 1.03 bits per heavy atom. The molecule has 0 saturated heterocycles. The Morgan fingerprint density at radius 2 is 1.83 bits per heavy atom. The van der Waals surface area contributed by atoms with Crippen molar-refractivity contribution < 1.29 is 13.5 Å². The molecule has 5 rings (SSSR count). The lowest BCUT2D eigenvalue weighted by atomic mass is 9.95. The first kappa shape index (κ1) is 19.0. The van der Waals surface area contributed by atoms with E-state index in [9.17, 15) is 13.5 Å². The molecule has 0 amide bonds. The number of H-pyrrole nitrogens is 1. The lowest BCUT2D eigenvalue weighted by Crippen LogP contribution is -2.48. The Kier molecular flexibility index (Phi) is 4.66. The first-order valence-electron chi connectivity index (χ1n) is 9.78. The van der Waals surface area contributed by atoms with Gasteiger partial charge in [0.25, 0.3) is 0 Å². The number of sulfonamides is 1. The van der Waals surface area contributed by atoms with Gasteiger partial charge in [0.1, 0.15) is 0 Å². The third-order valence-corrected chi connectivity index (χ3v) is 7.67. The molecular weight excluding hydrogens is 398 g/mol. The largest absolute Gasteiger partial charge is 0.387 e. The summed E-state index contributed by atoms with van der Waals surface area (Å²) in [6, 6.07) is 17.6. The van der Waals surface area contributed by atoms with Crippen molar-refractivity contribution in [3.63, 3.8) is 0 Å². The van der Waals surface area contributed by atoms with Crippen LogP contribution in [0.15, 0.2) is 84.1 Å². The molecule has 2 N–H and O–H groups in total. The predicted octanol–water partition coefficient (Wildman–Crippen LogP) is 3.41. The second kappa shape index (κ2) is 7.36. The van der Waals surface area contributed by atoms with Crippen molar-refractivity contribution in [2.45, 2.75) is 30.0 Å². The van der Waals surface area contributed by atoms with E-state index < -0.39 is 22.2 Å². The van der Waals surface area contributed by atoms with Crippen molar-refractivity contribution in [3.05, 3.63) is 95.9 Å². The fraction of sp³-hybridized carbons (Fsp3) is 0.174. The van der Waals surface area contributed by atoms with Crippen molar-refractivity contribution in [2.75, 3.05) is 0 Å². The number of nitrogens with one attached hydrogen (secondary N) is 1. The summed E-state index contributed by atoms with van der Waals surface area (Å²) in [6.45, 7) is 0.147. The summed E-state index contributed by atoms with van der Waals surface area (Å²) in [7, 11) is -3.78. The van der Waals surface area contributed by atoms with Gasteiger partial charge in [-0.3, -0.25) is 4.98 Å². The zero-order valence-electron chi connectivity index (χ0n) is 16.1. The summed E-state index contributed by atoms with van der Waals surface area (Å²) in [4.78, 5) is 7.51. The van der Waals surface area contributed by atoms with E-state index in [4.69, 9.17) is 0 Å². The fourth-order valence-corrected chi connectivity index (χ4v) is 6.10. The van der Waals surface area contributed by atoms with Crippen LogP contribution >= 0.6 is 0 Å². The summed E-state index contributed by atoms with van der Waals surface area (Å²) < 4.78 is 28.5. The SMILES string of the molecule is O=S1(=O)c2ccccc2[C@H](O)[C@@H](Cc2c[nH]c3ccccc23)N1Cc1cccnc1. The van der Waals surface area contributed by atoms with Gasteiger partial charge in [-0.2, -0.15) is 4.31 Å². The molecule has 0 unspecified atom stereocenters. The van der Waals surface area contributed by atoms with Crippen LogP contribution in [0, 0.1) is 0 Å². The Hall–Kier alpha value is -3.00. The minimum atomic E-state index is -3.78. The highest BCUT2D eigenvalue weighted by molar-refractivity contribution is 7.89. The van der Waals surface area contributed by atoms with Gasteiger partial charge in [-0.1, -0.05) is 42.5 Å². The molecule has 0 fully saturated rings. The maximum absolute atomic E-state index is 13.5. The normalized spacial score (nSPS) is 20.8. The van der Waals surface area contributed by atoms with E-state index in [1.165, 1.54) is 4.31 Å². The molecule has 1 aliphatic rings. The minimum Gasteiger partial charge on any atom is -0.387 e. The molecular formula is C23H21N3O3S. The van der Waals surface area contributed by atoms with Crippen LogP contribution in [0.3, 0.4) is 0 Å². The van der Waals surface area contributed by atoms with E-state index in [0.29, 0.717) is 12.0 Å². The second-order valence-corrected chi connectivity index (χ2v) is 9.38. The summed E-state index contributed by atoms with van der Waals surface area (Å²) in [5.74, 6) is 0. The number of aliphatic hydroxyl groups excluding tert-OH is 1. The molecule has 0 radical (unpaired) electrons. The molecule has 6 nitrogen and oxygen atoms in total. The standard InChI is InChI=1S/C23H21N3O3S/c27-23-19-8-2-4-10-22(19)30(28,29)26(15-16-6-5-11-24-13-16)21(23)12-17-14-25-20-9-3-1-7-18(17)20/h1-11,13-14,21,23,25,27H,12,15H2/t21-,23+/m1/s1. The van der Waals surface area contributed by atoms with E-state index in [1.807, 2.05) is 36.5 Å². The van der Waals surface area contributed by atoms with E-state index in [2.05, 4.69) is 9.97 Å². The first-order valence-corrected chi connectivity index (χ1v) is 11.2. The highest BCUT2D eigenvalue weighted by atomic mass is 32.2. The van der Waals surface area contributed by atoms with Crippen LogP contribution < -0.4 is 0 Å². The highest BCUT2D eigenvalue weighted by Gasteiger charge is 2.43. The molecule has 3 heterocycles. The molecule has 30 heavy (non-hydrogen) atoms. The topological polar surface area (TPSA) is 86.3 Å². The number of aliphatic hydroxyl groups is 1. The predicted molar refractivity (Wildman–Crippen MR) is 114 cm³/mol. The Labute approximate surface area is 174 Å².